The van der Waals surface area contributed by atoms with Crippen LogP contribution in [0.4, 0.5) is 11.4 Å². The number of aromatic nitrogens is 2. The molecule has 0 bridgehead atoms. The van der Waals surface area contributed by atoms with Crippen LogP contribution in [0.1, 0.15) is 19.2 Å². The van der Waals surface area contributed by atoms with Gasteiger partial charge < -0.3 is 15.6 Å². The van der Waals surface area contributed by atoms with E-state index in [1.54, 1.807) is 37.5 Å². The molecule has 100 valence electrons. The molecule has 0 fully saturated rings. The molecule has 0 atom stereocenters. The van der Waals surface area contributed by atoms with Crippen molar-refractivity contribution in [2.24, 2.45) is 0 Å². The summed E-state index contributed by atoms with van der Waals surface area (Å²) in [5, 5.41) is 6.56. The van der Waals surface area contributed by atoms with E-state index in [0.29, 0.717) is 18.0 Å². The van der Waals surface area contributed by atoms with Gasteiger partial charge in [0.15, 0.2) is 0 Å². The fraction of sp³-hybridized carbons (Fsp3) is 0.231. The summed E-state index contributed by atoms with van der Waals surface area (Å²) >= 11 is 6.10. The fourth-order valence-electron chi connectivity index (χ4n) is 1.56. The monoisotopic (exact) mass is 278 g/mol. The van der Waals surface area contributed by atoms with Crippen LogP contribution in [0.5, 0.6) is 0 Å². The van der Waals surface area contributed by atoms with Gasteiger partial charge in [0.2, 0.25) is 5.91 Å². The number of aromatic amines is 1. The van der Waals surface area contributed by atoms with Gasteiger partial charge in [0.1, 0.15) is 5.82 Å². The third kappa shape index (κ3) is 3.72. The minimum Gasteiger partial charge on any atom is -0.377 e. The lowest BCUT2D eigenvalue weighted by Crippen LogP contribution is -2.10. The first-order valence-electron chi connectivity index (χ1n) is 6.00. The molecule has 0 aliphatic rings. The molecule has 0 saturated carbocycles. The molecule has 0 radical (unpaired) electrons. The molecule has 3 N–H and O–H groups in total. The maximum Gasteiger partial charge on any atom is 0.224 e. The first-order chi connectivity index (χ1) is 9.19. The Balaban J connectivity index is 2.06. The first-order valence-corrected chi connectivity index (χ1v) is 6.38. The Morgan fingerprint density at radius 1 is 1.47 bits per heavy atom. The van der Waals surface area contributed by atoms with Crippen molar-refractivity contribution in [3.63, 3.8) is 0 Å². The molecule has 0 spiro atoms. The number of carbonyl (C=O) groups is 1. The topological polar surface area (TPSA) is 69.8 Å². The normalized spacial score (nSPS) is 10.2. The highest BCUT2D eigenvalue weighted by Gasteiger charge is 2.05. The van der Waals surface area contributed by atoms with E-state index in [1.165, 1.54) is 0 Å². The van der Waals surface area contributed by atoms with Crippen LogP contribution in [-0.2, 0) is 11.3 Å². The molecule has 2 aromatic rings. The van der Waals surface area contributed by atoms with Crippen LogP contribution in [0, 0.1) is 0 Å². The molecule has 2 rings (SSSR count). The molecule has 1 aromatic heterocycles. The Bertz CT molecular complexity index is 554. The first kappa shape index (κ1) is 13.4. The molecule has 0 aliphatic carbocycles. The SMILES string of the molecule is CCC(=O)Nc1ccc(Cl)c(NCc2ncc[nH]2)c1. The number of hydrogen-bond acceptors (Lipinski definition) is 3. The number of rotatable bonds is 5. The number of imidazole rings is 1. The summed E-state index contributed by atoms with van der Waals surface area (Å²) in [7, 11) is 0. The van der Waals surface area contributed by atoms with E-state index >= 15 is 0 Å². The maximum atomic E-state index is 11.3. The van der Waals surface area contributed by atoms with Crippen molar-refractivity contribution in [3.8, 4) is 0 Å². The van der Waals surface area contributed by atoms with Gasteiger partial charge in [0.25, 0.3) is 0 Å². The molecule has 1 aromatic carbocycles. The largest absolute Gasteiger partial charge is 0.377 e. The Kier molecular flexibility index (Phi) is 4.41. The Morgan fingerprint density at radius 3 is 3.00 bits per heavy atom. The second-order valence-corrected chi connectivity index (χ2v) is 4.39. The number of hydrogen-bond donors (Lipinski definition) is 3. The molecule has 1 amide bonds. The van der Waals surface area contributed by atoms with E-state index in [1.807, 2.05) is 0 Å². The van der Waals surface area contributed by atoms with Crippen molar-refractivity contribution < 1.29 is 4.79 Å². The number of nitrogens with zero attached hydrogens (tertiary/aromatic N) is 1. The van der Waals surface area contributed by atoms with Crippen molar-refractivity contribution in [3.05, 3.63) is 41.4 Å². The summed E-state index contributed by atoms with van der Waals surface area (Å²) < 4.78 is 0. The van der Waals surface area contributed by atoms with Crippen LogP contribution in [0.25, 0.3) is 0 Å². The van der Waals surface area contributed by atoms with Crippen LogP contribution in [0.3, 0.4) is 0 Å². The number of benzene rings is 1. The molecule has 0 saturated heterocycles. The van der Waals surface area contributed by atoms with Crippen molar-refractivity contribution in [2.75, 3.05) is 10.6 Å². The zero-order chi connectivity index (χ0) is 13.7. The smallest absolute Gasteiger partial charge is 0.224 e. The third-order valence-electron chi connectivity index (χ3n) is 2.57. The molecule has 0 aliphatic heterocycles. The number of anilines is 2. The zero-order valence-electron chi connectivity index (χ0n) is 10.5. The number of carbonyl (C=O) groups excluding carboxylic acids is 1. The molecular weight excluding hydrogens is 264 g/mol. The van der Waals surface area contributed by atoms with Crippen molar-refractivity contribution in [2.45, 2.75) is 19.9 Å². The third-order valence-corrected chi connectivity index (χ3v) is 2.90. The number of H-pyrrole nitrogens is 1. The van der Waals surface area contributed by atoms with Crippen LogP contribution in [-0.4, -0.2) is 15.9 Å². The summed E-state index contributed by atoms with van der Waals surface area (Å²) in [5.74, 6) is 0.790. The van der Waals surface area contributed by atoms with Gasteiger partial charge in [-0.15, -0.1) is 0 Å². The van der Waals surface area contributed by atoms with Gasteiger partial charge >= 0.3 is 0 Å². The van der Waals surface area contributed by atoms with Gasteiger partial charge in [-0.05, 0) is 18.2 Å². The van der Waals surface area contributed by atoms with Gasteiger partial charge in [-0.25, -0.2) is 4.98 Å². The van der Waals surface area contributed by atoms with E-state index in [0.717, 1.165) is 17.2 Å². The van der Waals surface area contributed by atoms with Crippen molar-refractivity contribution in [1.29, 1.82) is 0 Å². The quantitative estimate of drug-likeness (QED) is 0.787. The minimum atomic E-state index is -0.0284. The lowest BCUT2D eigenvalue weighted by Gasteiger charge is -2.10. The summed E-state index contributed by atoms with van der Waals surface area (Å²) in [4.78, 5) is 18.5. The van der Waals surface area contributed by atoms with Crippen molar-refractivity contribution in [1.82, 2.24) is 9.97 Å². The number of amides is 1. The second kappa shape index (κ2) is 6.24. The van der Waals surface area contributed by atoms with E-state index in [9.17, 15) is 4.79 Å². The fourth-order valence-corrected chi connectivity index (χ4v) is 1.75. The standard InChI is InChI=1S/C13H15ClN4O/c1-2-13(19)18-9-3-4-10(14)11(7-9)17-8-12-15-5-6-16-12/h3-7,17H,2,8H2,1H3,(H,15,16)(H,18,19). The highest BCUT2D eigenvalue weighted by Crippen LogP contribution is 2.25. The van der Waals surface area contributed by atoms with Crippen LogP contribution < -0.4 is 10.6 Å². The van der Waals surface area contributed by atoms with Crippen molar-refractivity contribution >= 4 is 28.9 Å². The molecule has 1 heterocycles. The molecule has 5 nitrogen and oxygen atoms in total. The van der Waals surface area contributed by atoms with Gasteiger partial charge in [-0.1, -0.05) is 18.5 Å². The second-order valence-electron chi connectivity index (χ2n) is 3.99. The lowest BCUT2D eigenvalue weighted by molar-refractivity contribution is -0.115. The van der Waals surface area contributed by atoms with E-state index < -0.39 is 0 Å². The predicted octanol–water partition coefficient (Wildman–Crippen LogP) is 3.02. The van der Waals surface area contributed by atoms with Gasteiger partial charge in [-0.3, -0.25) is 4.79 Å². The molecular formula is C13H15ClN4O. The zero-order valence-corrected chi connectivity index (χ0v) is 11.3. The van der Waals surface area contributed by atoms with E-state index in [2.05, 4.69) is 20.6 Å². The van der Waals surface area contributed by atoms with Gasteiger partial charge in [-0.2, -0.15) is 0 Å². The average Bonchev–Trinajstić information content (AvgIpc) is 2.92. The van der Waals surface area contributed by atoms with Crippen LogP contribution in [0.2, 0.25) is 5.02 Å². The maximum absolute atomic E-state index is 11.3. The summed E-state index contributed by atoms with van der Waals surface area (Å²) in [5.41, 5.74) is 1.48. The summed E-state index contributed by atoms with van der Waals surface area (Å²) in [6, 6.07) is 5.32. The Labute approximate surface area is 116 Å². The summed E-state index contributed by atoms with van der Waals surface area (Å²) in [6.45, 7) is 2.35. The highest BCUT2D eigenvalue weighted by atomic mass is 35.5. The average molecular weight is 279 g/mol. The lowest BCUT2D eigenvalue weighted by atomic mass is 10.2. The molecule has 6 heteroatoms. The summed E-state index contributed by atoms with van der Waals surface area (Å²) in [6.07, 6.45) is 3.89. The molecule has 19 heavy (non-hydrogen) atoms. The molecule has 0 unspecified atom stereocenters. The number of nitrogens with one attached hydrogen (secondary N) is 3. The van der Waals surface area contributed by atoms with Crippen LogP contribution in [0.15, 0.2) is 30.6 Å². The predicted molar refractivity (Wildman–Crippen MR) is 76.3 cm³/mol. The van der Waals surface area contributed by atoms with Crippen LogP contribution >= 0.6 is 11.6 Å². The van der Waals surface area contributed by atoms with E-state index in [4.69, 9.17) is 11.6 Å². The van der Waals surface area contributed by atoms with Gasteiger partial charge in [0, 0.05) is 24.5 Å². The number of halogens is 1. The highest BCUT2D eigenvalue weighted by molar-refractivity contribution is 6.33. The Hall–Kier alpha value is -2.01. The Morgan fingerprint density at radius 2 is 2.32 bits per heavy atom. The van der Waals surface area contributed by atoms with E-state index in [-0.39, 0.29) is 5.91 Å². The van der Waals surface area contributed by atoms with Gasteiger partial charge in [0.05, 0.1) is 17.3 Å². The minimum absolute atomic E-state index is 0.0284.